The summed E-state index contributed by atoms with van der Waals surface area (Å²) in [7, 11) is 0. The van der Waals surface area contributed by atoms with Gasteiger partial charge in [-0.1, -0.05) is 30.3 Å². The number of rotatable bonds is 7. The van der Waals surface area contributed by atoms with Crippen molar-refractivity contribution >= 4 is 11.7 Å². The molecule has 5 nitrogen and oxygen atoms in total. The number of aryl methyl sites for hydroxylation is 1. The summed E-state index contributed by atoms with van der Waals surface area (Å²) in [5, 5.41) is 6.13. The lowest BCUT2D eigenvalue weighted by Crippen LogP contribution is -2.26. The largest absolute Gasteiger partial charge is 0.366 e. The zero-order valence-electron chi connectivity index (χ0n) is 12.5. The van der Waals surface area contributed by atoms with Crippen LogP contribution in [0.1, 0.15) is 35.3 Å². The minimum absolute atomic E-state index is 0.168. The van der Waals surface area contributed by atoms with Crippen molar-refractivity contribution < 1.29 is 4.79 Å². The number of aromatic nitrogens is 2. The Kier molecular flexibility index (Phi) is 4.63. The summed E-state index contributed by atoms with van der Waals surface area (Å²) in [5.74, 6) is 0.571. The van der Waals surface area contributed by atoms with Gasteiger partial charge in [0.05, 0.1) is 12.4 Å². The van der Waals surface area contributed by atoms with Gasteiger partial charge in [-0.2, -0.15) is 0 Å². The highest BCUT2D eigenvalue weighted by molar-refractivity contribution is 5.91. The topological polar surface area (TPSA) is 66.9 Å². The Hall–Kier alpha value is -2.43. The SMILES string of the molecule is O=C(NCCCc1ccccc1)c1cnc(NC2CC2)cn1. The smallest absolute Gasteiger partial charge is 0.271 e. The first-order valence-electron chi connectivity index (χ1n) is 7.72. The van der Waals surface area contributed by atoms with Crippen molar-refractivity contribution in [3.8, 4) is 0 Å². The molecule has 0 spiro atoms. The van der Waals surface area contributed by atoms with Crippen molar-refractivity contribution in [2.24, 2.45) is 0 Å². The molecule has 3 rings (SSSR count). The predicted octanol–water partition coefficient (Wildman–Crippen LogP) is 2.41. The molecule has 0 aliphatic heterocycles. The summed E-state index contributed by atoms with van der Waals surface area (Å²) < 4.78 is 0. The Morgan fingerprint density at radius 1 is 1.14 bits per heavy atom. The molecule has 2 aromatic rings. The lowest BCUT2D eigenvalue weighted by atomic mass is 10.1. The molecule has 2 N–H and O–H groups in total. The predicted molar refractivity (Wildman–Crippen MR) is 85.8 cm³/mol. The number of nitrogens with one attached hydrogen (secondary N) is 2. The van der Waals surface area contributed by atoms with Crippen LogP contribution < -0.4 is 10.6 Å². The average Bonchev–Trinajstić information content (AvgIpc) is 3.37. The van der Waals surface area contributed by atoms with E-state index in [-0.39, 0.29) is 5.91 Å². The minimum atomic E-state index is -0.168. The molecule has 0 radical (unpaired) electrons. The molecular weight excluding hydrogens is 276 g/mol. The summed E-state index contributed by atoms with van der Waals surface area (Å²) >= 11 is 0. The summed E-state index contributed by atoms with van der Waals surface area (Å²) in [6.07, 6.45) is 7.38. The fourth-order valence-electron chi connectivity index (χ4n) is 2.19. The van der Waals surface area contributed by atoms with Crippen molar-refractivity contribution in [1.29, 1.82) is 0 Å². The molecule has 1 heterocycles. The van der Waals surface area contributed by atoms with Gasteiger partial charge in [0, 0.05) is 12.6 Å². The summed E-state index contributed by atoms with van der Waals surface area (Å²) in [5.41, 5.74) is 1.65. The van der Waals surface area contributed by atoms with E-state index in [1.165, 1.54) is 24.6 Å². The second-order valence-corrected chi connectivity index (χ2v) is 5.55. The number of nitrogens with zero attached hydrogens (tertiary/aromatic N) is 2. The number of amides is 1. The summed E-state index contributed by atoms with van der Waals surface area (Å²) in [6.45, 7) is 0.636. The second-order valence-electron chi connectivity index (χ2n) is 5.55. The molecule has 1 aliphatic carbocycles. The summed E-state index contributed by atoms with van der Waals surface area (Å²) in [4.78, 5) is 20.3. The van der Waals surface area contributed by atoms with Gasteiger partial charge in [0.25, 0.3) is 5.91 Å². The number of benzene rings is 1. The van der Waals surface area contributed by atoms with Crippen LogP contribution >= 0.6 is 0 Å². The molecule has 1 aromatic carbocycles. The van der Waals surface area contributed by atoms with Crippen LogP contribution in [-0.4, -0.2) is 28.5 Å². The van der Waals surface area contributed by atoms with Gasteiger partial charge in [0.15, 0.2) is 0 Å². The average molecular weight is 296 g/mol. The molecule has 1 fully saturated rings. The van der Waals surface area contributed by atoms with Crippen LogP contribution in [0.5, 0.6) is 0 Å². The molecular formula is C17H20N4O. The third-order valence-electron chi connectivity index (χ3n) is 3.58. The maximum absolute atomic E-state index is 12.0. The van der Waals surface area contributed by atoms with E-state index < -0.39 is 0 Å². The number of hydrogen-bond acceptors (Lipinski definition) is 4. The Balaban J connectivity index is 1.41. The Labute approximate surface area is 130 Å². The highest BCUT2D eigenvalue weighted by atomic mass is 16.1. The quantitative estimate of drug-likeness (QED) is 0.770. The number of carbonyl (C=O) groups excluding carboxylic acids is 1. The molecule has 0 unspecified atom stereocenters. The monoisotopic (exact) mass is 296 g/mol. The number of anilines is 1. The van der Waals surface area contributed by atoms with Gasteiger partial charge in [-0.3, -0.25) is 4.79 Å². The van der Waals surface area contributed by atoms with Crippen molar-refractivity contribution in [2.75, 3.05) is 11.9 Å². The Morgan fingerprint density at radius 3 is 2.64 bits per heavy atom. The van der Waals surface area contributed by atoms with Crippen molar-refractivity contribution in [2.45, 2.75) is 31.7 Å². The van der Waals surface area contributed by atoms with Crippen molar-refractivity contribution in [1.82, 2.24) is 15.3 Å². The number of hydrogen-bond donors (Lipinski definition) is 2. The molecule has 1 aliphatic rings. The van der Waals surface area contributed by atoms with Crippen LogP contribution in [0.15, 0.2) is 42.7 Å². The lowest BCUT2D eigenvalue weighted by molar-refractivity contribution is 0.0948. The molecule has 1 saturated carbocycles. The van der Waals surface area contributed by atoms with E-state index in [4.69, 9.17) is 0 Å². The minimum Gasteiger partial charge on any atom is -0.366 e. The molecule has 114 valence electrons. The zero-order chi connectivity index (χ0) is 15.2. The lowest BCUT2D eigenvalue weighted by Gasteiger charge is -2.06. The first-order valence-corrected chi connectivity index (χ1v) is 7.72. The number of carbonyl (C=O) groups is 1. The van der Waals surface area contributed by atoms with Gasteiger partial charge >= 0.3 is 0 Å². The second kappa shape index (κ2) is 7.02. The fourth-order valence-corrected chi connectivity index (χ4v) is 2.19. The van der Waals surface area contributed by atoms with Crippen molar-refractivity contribution in [3.63, 3.8) is 0 Å². The van der Waals surface area contributed by atoms with E-state index in [2.05, 4.69) is 32.7 Å². The highest BCUT2D eigenvalue weighted by Crippen LogP contribution is 2.23. The van der Waals surface area contributed by atoms with E-state index in [0.29, 0.717) is 18.3 Å². The molecule has 0 saturated heterocycles. The van der Waals surface area contributed by atoms with Gasteiger partial charge in [0.1, 0.15) is 11.5 Å². The Bertz CT molecular complexity index is 608. The van der Waals surface area contributed by atoms with Gasteiger partial charge < -0.3 is 10.6 Å². The van der Waals surface area contributed by atoms with E-state index in [9.17, 15) is 4.79 Å². The van der Waals surface area contributed by atoms with Gasteiger partial charge in [-0.25, -0.2) is 9.97 Å². The van der Waals surface area contributed by atoms with Crippen LogP contribution in [0.25, 0.3) is 0 Å². The zero-order valence-corrected chi connectivity index (χ0v) is 12.5. The standard InChI is InChI=1S/C17H20N4O/c22-17(18-10-4-7-13-5-2-1-3-6-13)15-11-20-16(12-19-15)21-14-8-9-14/h1-3,5-6,11-12,14H,4,7-10H2,(H,18,22)(H,20,21). The van der Waals surface area contributed by atoms with Gasteiger partial charge in [-0.15, -0.1) is 0 Å². The molecule has 22 heavy (non-hydrogen) atoms. The van der Waals surface area contributed by atoms with Crippen LogP contribution in [0.2, 0.25) is 0 Å². The van der Waals surface area contributed by atoms with E-state index in [0.717, 1.165) is 18.7 Å². The maximum Gasteiger partial charge on any atom is 0.271 e. The molecule has 5 heteroatoms. The third kappa shape index (κ3) is 4.28. The van der Waals surface area contributed by atoms with Crippen LogP contribution in [0.4, 0.5) is 5.82 Å². The molecule has 0 atom stereocenters. The van der Waals surface area contributed by atoms with Crippen molar-refractivity contribution in [3.05, 3.63) is 54.0 Å². The van der Waals surface area contributed by atoms with E-state index in [1.807, 2.05) is 18.2 Å². The maximum atomic E-state index is 12.0. The van der Waals surface area contributed by atoms with Crippen LogP contribution in [-0.2, 0) is 6.42 Å². The molecule has 1 aromatic heterocycles. The molecule has 0 bridgehead atoms. The third-order valence-corrected chi connectivity index (χ3v) is 3.58. The Morgan fingerprint density at radius 2 is 1.95 bits per heavy atom. The van der Waals surface area contributed by atoms with Crippen LogP contribution in [0, 0.1) is 0 Å². The molecule has 1 amide bonds. The summed E-state index contributed by atoms with van der Waals surface area (Å²) in [6, 6.07) is 10.8. The van der Waals surface area contributed by atoms with E-state index >= 15 is 0 Å². The first kappa shape index (κ1) is 14.5. The van der Waals surface area contributed by atoms with Crippen LogP contribution in [0.3, 0.4) is 0 Å². The normalized spacial score (nSPS) is 13.6. The fraction of sp³-hybridized carbons (Fsp3) is 0.353. The van der Waals surface area contributed by atoms with Gasteiger partial charge in [-0.05, 0) is 31.2 Å². The highest BCUT2D eigenvalue weighted by Gasteiger charge is 2.21. The first-order chi connectivity index (χ1) is 10.8. The van der Waals surface area contributed by atoms with Gasteiger partial charge in [0.2, 0.25) is 0 Å². The van der Waals surface area contributed by atoms with E-state index in [1.54, 1.807) is 6.20 Å².